The number of ether oxygens (including phenoxy) is 1. The third-order valence-corrected chi connectivity index (χ3v) is 5.95. The molecule has 9 heteroatoms. The van der Waals surface area contributed by atoms with Crippen LogP contribution in [-0.4, -0.2) is 47.5 Å². The maximum Gasteiger partial charge on any atom is 0.257 e. The van der Waals surface area contributed by atoms with E-state index in [0.717, 1.165) is 5.56 Å². The number of nitrogens with zero attached hydrogens (tertiary/aromatic N) is 4. The molecule has 0 N–H and O–H groups in total. The summed E-state index contributed by atoms with van der Waals surface area (Å²) in [6.07, 6.45) is 2.66. The minimum Gasteiger partial charge on any atom is -0.366 e. The van der Waals surface area contributed by atoms with Crippen LogP contribution in [0.3, 0.4) is 0 Å². The minimum absolute atomic E-state index is 0.120. The van der Waals surface area contributed by atoms with E-state index in [-0.39, 0.29) is 30.5 Å². The van der Waals surface area contributed by atoms with Crippen LogP contribution in [0.2, 0.25) is 0 Å². The van der Waals surface area contributed by atoms with Crippen LogP contribution in [0.15, 0.2) is 64.3 Å². The molecule has 0 aliphatic carbocycles. The molecule has 1 atom stereocenters. The van der Waals surface area contributed by atoms with E-state index in [0.29, 0.717) is 5.82 Å². The molecule has 0 radical (unpaired) electrons. The maximum absolute atomic E-state index is 12.8. The van der Waals surface area contributed by atoms with Crippen LogP contribution in [0.1, 0.15) is 12.0 Å². The third-order valence-electron chi connectivity index (χ3n) is 4.07. The van der Waals surface area contributed by atoms with Gasteiger partial charge in [-0.05, 0) is 24.3 Å². The topological polar surface area (TPSA) is 98.4 Å². The Morgan fingerprint density at radius 2 is 1.85 bits per heavy atom. The first-order valence-electron chi connectivity index (χ1n) is 8.05. The molecule has 26 heavy (non-hydrogen) atoms. The molecule has 1 aliphatic heterocycles. The number of sulfonamides is 1. The van der Waals surface area contributed by atoms with E-state index < -0.39 is 16.1 Å². The van der Waals surface area contributed by atoms with Crippen molar-refractivity contribution >= 4 is 10.0 Å². The van der Waals surface area contributed by atoms with Crippen molar-refractivity contribution in [1.29, 1.82) is 0 Å². The maximum atomic E-state index is 12.8. The Labute approximate surface area is 150 Å². The normalized spacial score (nSPS) is 18.7. The predicted octanol–water partition coefficient (Wildman–Crippen LogP) is 1.89. The number of hydrogen-bond donors (Lipinski definition) is 0. The van der Waals surface area contributed by atoms with Crippen molar-refractivity contribution < 1.29 is 17.7 Å². The van der Waals surface area contributed by atoms with E-state index in [1.54, 1.807) is 54.9 Å². The summed E-state index contributed by atoms with van der Waals surface area (Å²) in [4.78, 5) is 8.54. The summed E-state index contributed by atoms with van der Waals surface area (Å²) in [5, 5.41) is 3.95. The first-order valence-corrected chi connectivity index (χ1v) is 9.49. The van der Waals surface area contributed by atoms with E-state index >= 15 is 0 Å². The molecule has 1 saturated heterocycles. The summed E-state index contributed by atoms with van der Waals surface area (Å²) in [7, 11) is -3.59. The Bertz CT molecular complexity index is 976. The van der Waals surface area contributed by atoms with Gasteiger partial charge < -0.3 is 9.26 Å². The van der Waals surface area contributed by atoms with Gasteiger partial charge in [0.15, 0.2) is 6.10 Å². The Morgan fingerprint density at radius 1 is 1.08 bits per heavy atom. The summed E-state index contributed by atoms with van der Waals surface area (Å²) in [5.74, 6) is 0.666. The van der Waals surface area contributed by atoms with E-state index in [9.17, 15) is 8.42 Å². The lowest BCUT2D eigenvalue weighted by atomic mass is 10.2. The first-order chi connectivity index (χ1) is 12.6. The van der Waals surface area contributed by atoms with Gasteiger partial charge >= 0.3 is 0 Å². The lowest BCUT2D eigenvalue weighted by Crippen LogP contribution is -2.42. The highest BCUT2D eigenvalue weighted by molar-refractivity contribution is 7.89. The molecule has 8 nitrogen and oxygen atoms in total. The van der Waals surface area contributed by atoms with Crippen molar-refractivity contribution in [2.45, 2.75) is 11.0 Å². The van der Waals surface area contributed by atoms with Gasteiger partial charge in [-0.2, -0.15) is 9.29 Å². The van der Waals surface area contributed by atoms with Crippen molar-refractivity contribution in [2.75, 3.05) is 19.7 Å². The molecule has 0 spiro atoms. The second-order valence-corrected chi connectivity index (χ2v) is 7.67. The molecule has 0 saturated carbocycles. The van der Waals surface area contributed by atoms with Crippen LogP contribution in [0.25, 0.3) is 11.4 Å². The van der Waals surface area contributed by atoms with Gasteiger partial charge in [0.05, 0.1) is 11.5 Å². The lowest BCUT2D eigenvalue weighted by Gasteiger charge is -2.30. The van der Waals surface area contributed by atoms with Crippen molar-refractivity contribution in [1.82, 2.24) is 19.4 Å². The highest BCUT2D eigenvalue weighted by Gasteiger charge is 2.34. The summed E-state index contributed by atoms with van der Waals surface area (Å²) < 4.78 is 37.9. The lowest BCUT2D eigenvalue weighted by molar-refractivity contribution is -0.0199. The van der Waals surface area contributed by atoms with Gasteiger partial charge in [0.1, 0.15) is 0 Å². The van der Waals surface area contributed by atoms with Crippen LogP contribution in [0.4, 0.5) is 0 Å². The second kappa shape index (κ2) is 6.94. The standard InChI is InChI=1S/C17H16N4O4S/c22-26(23,14-4-2-1-3-5-14)21-10-11-24-15(12-21)17-19-16(20-25-17)13-6-8-18-9-7-13/h1-9,15H,10-12H2. The van der Waals surface area contributed by atoms with E-state index in [4.69, 9.17) is 9.26 Å². The van der Waals surface area contributed by atoms with Crippen LogP contribution >= 0.6 is 0 Å². The van der Waals surface area contributed by atoms with E-state index in [1.165, 1.54) is 4.31 Å². The molecule has 3 aromatic rings. The molecular weight excluding hydrogens is 356 g/mol. The van der Waals surface area contributed by atoms with Gasteiger partial charge in [0, 0.05) is 31.0 Å². The van der Waals surface area contributed by atoms with Crippen LogP contribution in [-0.2, 0) is 14.8 Å². The Hall–Kier alpha value is -2.62. The summed E-state index contributed by atoms with van der Waals surface area (Å²) in [6, 6.07) is 11.9. The van der Waals surface area contributed by atoms with Gasteiger partial charge in [0.25, 0.3) is 5.89 Å². The smallest absolute Gasteiger partial charge is 0.257 e. The van der Waals surface area contributed by atoms with Crippen LogP contribution in [0.5, 0.6) is 0 Å². The minimum atomic E-state index is -3.59. The average Bonchev–Trinajstić information content (AvgIpc) is 3.20. The number of aromatic nitrogens is 3. The Kier molecular flexibility index (Phi) is 4.49. The van der Waals surface area contributed by atoms with Gasteiger partial charge in [-0.3, -0.25) is 4.98 Å². The fourth-order valence-electron chi connectivity index (χ4n) is 2.72. The number of rotatable bonds is 4. The molecule has 3 heterocycles. The molecule has 0 amide bonds. The fourth-order valence-corrected chi connectivity index (χ4v) is 4.16. The zero-order valence-corrected chi connectivity index (χ0v) is 14.5. The zero-order valence-electron chi connectivity index (χ0n) is 13.7. The largest absolute Gasteiger partial charge is 0.366 e. The SMILES string of the molecule is O=S(=O)(c1ccccc1)N1CCOC(c2nc(-c3ccncc3)no2)C1. The van der Waals surface area contributed by atoms with Gasteiger partial charge in [-0.25, -0.2) is 8.42 Å². The zero-order chi connectivity index (χ0) is 18.0. The van der Waals surface area contributed by atoms with Crippen molar-refractivity contribution in [3.05, 3.63) is 60.7 Å². The predicted molar refractivity (Wildman–Crippen MR) is 91.4 cm³/mol. The Morgan fingerprint density at radius 3 is 2.62 bits per heavy atom. The van der Waals surface area contributed by atoms with E-state index in [2.05, 4.69) is 15.1 Å². The van der Waals surface area contributed by atoms with Gasteiger partial charge in [-0.15, -0.1) is 0 Å². The van der Waals surface area contributed by atoms with Gasteiger partial charge in [-0.1, -0.05) is 23.4 Å². The van der Waals surface area contributed by atoms with Gasteiger partial charge in [0.2, 0.25) is 15.8 Å². The fraction of sp³-hybridized carbons (Fsp3) is 0.235. The average molecular weight is 372 g/mol. The molecule has 1 unspecified atom stereocenters. The number of benzene rings is 1. The van der Waals surface area contributed by atoms with Crippen molar-refractivity contribution in [3.63, 3.8) is 0 Å². The van der Waals surface area contributed by atoms with Crippen molar-refractivity contribution in [3.8, 4) is 11.4 Å². The van der Waals surface area contributed by atoms with Crippen LogP contribution < -0.4 is 0 Å². The highest BCUT2D eigenvalue weighted by Crippen LogP contribution is 2.27. The third kappa shape index (κ3) is 3.24. The number of morpholine rings is 1. The first kappa shape index (κ1) is 16.8. The molecule has 1 aromatic carbocycles. The monoisotopic (exact) mass is 372 g/mol. The number of pyridine rings is 1. The molecule has 0 bridgehead atoms. The summed E-state index contributed by atoms with van der Waals surface area (Å²) >= 11 is 0. The molecular formula is C17H16N4O4S. The van der Waals surface area contributed by atoms with Crippen LogP contribution in [0, 0.1) is 0 Å². The summed E-state index contributed by atoms with van der Waals surface area (Å²) in [5.41, 5.74) is 0.763. The second-order valence-electron chi connectivity index (χ2n) is 5.73. The quantitative estimate of drug-likeness (QED) is 0.690. The molecule has 2 aromatic heterocycles. The molecule has 4 rings (SSSR count). The Balaban J connectivity index is 1.55. The molecule has 1 fully saturated rings. The summed E-state index contributed by atoms with van der Waals surface area (Å²) in [6.45, 7) is 0.651. The number of hydrogen-bond acceptors (Lipinski definition) is 7. The van der Waals surface area contributed by atoms with Crippen molar-refractivity contribution in [2.24, 2.45) is 0 Å². The molecule has 134 valence electrons. The molecule has 1 aliphatic rings. The highest BCUT2D eigenvalue weighted by atomic mass is 32.2. The van der Waals surface area contributed by atoms with E-state index in [1.807, 2.05) is 0 Å².